The van der Waals surface area contributed by atoms with Crippen LogP contribution in [0.5, 0.6) is 5.75 Å². The predicted molar refractivity (Wildman–Crippen MR) is 142 cm³/mol. The molecule has 8 heteroatoms. The third kappa shape index (κ3) is 6.47. The number of methoxy groups -OCH3 is 1. The van der Waals surface area contributed by atoms with Crippen LogP contribution in [0.3, 0.4) is 0 Å². The molecule has 0 saturated carbocycles. The van der Waals surface area contributed by atoms with Crippen molar-refractivity contribution >= 4 is 40.2 Å². The first kappa shape index (κ1) is 25.8. The zero-order valence-electron chi connectivity index (χ0n) is 19.9. The average molecular weight is 514 g/mol. The van der Waals surface area contributed by atoms with E-state index < -0.39 is 5.97 Å². The number of carboxylic acids is 1. The molecule has 0 radical (unpaired) electrons. The van der Waals surface area contributed by atoms with Crippen molar-refractivity contribution in [2.75, 3.05) is 32.5 Å². The van der Waals surface area contributed by atoms with E-state index in [4.69, 9.17) is 22.1 Å². The number of carboxylic acid groups (broad SMARTS) is 1. The molecule has 35 heavy (non-hydrogen) atoms. The highest BCUT2D eigenvalue weighted by Crippen LogP contribution is 2.36. The molecule has 4 rings (SSSR count). The monoisotopic (exact) mass is 513 g/mol. The van der Waals surface area contributed by atoms with Crippen molar-refractivity contribution in [3.63, 3.8) is 0 Å². The second kappa shape index (κ2) is 12.1. The number of pyridine rings is 1. The lowest BCUT2D eigenvalue weighted by atomic mass is 9.81. The van der Waals surface area contributed by atoms with E-state index in [1.54, 1.807) is 13.3 Å². The van der Waals surface area contributed by atoms with Gasteiger partial charge in [-0.2, -0.15) is 0 Å². The van der Waals surface area contributed by atoms with E-state index in [1.165, 1.54) is 4.90 Å². The summed E-state index contributed by atoms with van der Waals surface area (Å²) in [5.41, 5.74) is 8.28. The second-order valence-corrected chi connectivity index (χ2v) is 10.6. The summed E-state index contributed by atoms with van der Waals surface area (Å²) in [5, 5.41) is 11.4. The number of halogens is 1. The lowest BCUT2D eigenvalue weighted by molar-refractivity contribution is -0.146. The number of piperidine rings is 1. The van der Waals surface area contributed by atoms with Gasteiger partial charge in [0.2, 0.25) is 0 Å². The number of likely N-dealkylation sites (tertiary alicyclic amines) is 1. The fraction of sp³-hybridized carbons (Fsp3) is 0.407. The van der Waals surface area contributed by atoms with Gasteiger partial charge < -0.3 is 20.5 Å². The van der Waals surface area contributed by atoms with Crippen LogP contribution in [0.2, 0.25) is 5.02 Å². The first-order valence-corrected chi connectivity index (χ1v) is 13.3. The number of nitrogens with two attached hydrogens (primary N) is 1. The molecule has 1 aromatic heterocycles. The van der Waals surface area contributed by atoms with Gasteiger partial charge in [0.25, 0.3) is 0 Å². The molecule has 0 amide bonds. The van der Waals surface area contributed by atoms with Crippen LogP contribution in [-0.4, -0.2) is 53.5 Å². The number of thioether (sulfide) groups is 1. The van der Waals surface area contributed by atoms with Gasteiger partial charge in [-0.05, 0) is 67.6 Å². The molecule has 1 fully saturated rings. The first-order chi connectivity index (χ1) is 17.0. The maximum Gasteiger partial charge on any atom is 0.308 e. The van der Waals surface area contributed by atoms with Crippen LogP contribution < -0.4 is 10.5 Å². The molecule has 3 aromatic rings. The molecule has 186 valence electrons. The lowest BCUT2D eigenvalue weighted by Gasteiger charge is -2.37. The number of hydrogen-bond acceptors (Lipinski definition) is 6. The molecular weight excluding hydrogens is 482 g/mol. The number of aromatic nitrogens is 1. The normalized spacial score (nSPS) is 19.5. The van der Waals surface area contributed by atoms with Crippen LogP contribution in [0.4, 0.5) is 0 Å². The molecular formula is C27H32ClN3O3S. The minimum absolute atomic E-state index is 0.0954. The van der Waals surface area contributed by atoms with E-state index in [-0.39, 0.29) is 17.9 Å². The Bertz CT molecular complexity index is 1150. The molecule has 3 N–H and O–H groups in total. The van der Waals surface area contributed by atoms with Crippen LogP contribution in [0.1, 0.15) is 30.9 Å². The second-order valence-electron chi connectivity index (χ2n) is 9.04. The standard InChI is InChI=1S/C27H32ClN3O3S/c1-34-19-8-10-25-21(15-19)26(23(28)16-30-25)24(29)9-7-18-11-12-31(17-22(18)27(32)33)13-14-35-20-5-3-2-4-6-20/h2-6,8,10,15-16,18,22,24H,7,9,11-14,17,29H2,1H3,(H,32,33). The fourth-order valence-corrected chi connectivity index (χ4v) is 6.14. The molecule has 1 aliphatic rings. The number of benzene rings is 2. The van der Waals surface area contributed by atoms with Gasteiger partial charge in [-0.1, -0.05) is 29.8 Å². The zero-order valence-corrected chi connectivity index (χ0v) is 21.5. The van der Waals surface area contributed by atoms with Crippen molar-refractivity contribution in [1.82, 2.24) is 9.88 Å². The van der Waals surface area contributed by atoms with E-state index in [0.717, 1.165) is 53.9 Å². The third-order valence-electron chi connectivity index (χ3n) is 6.86. The first-order valence-electron chi connectivity index (χ1n) is 12.0. The predicted octanol–water partition coefficient (Wildman–Crippen LogP) is 5.49. The van der Waals surface area contributed by atoms with Gasteiger partial charge in [-0.15, -0.1) is 11.8 Å². The van der Waals surface area contributed by atoms with Gasteiger partial charge in [0.15, 0.2) is 0 Å². The smallest absolute Gasteiger partial charge is 0.308 e. The van der Waals surface area contributed by atoms with Crippen LogP contribution >= 0.6 is 23.4 Å². The largest absolute Gasteiger partial charge is 0.497 e. The molecule has 6 nitrogen and oxygen atoms in total. The zero-order chi connectivity index (χ0) is 24.8. The Morgan fingerprint density at radius 3 is 2.86 bits per heavy atom. The maximum atomic E-state index is 12.1. The molecule has 0 aliphatic carbocycles. The number of nitrogens with zero attached hydrogens (tertiary/aromatic N) is 2. The summed E-state index contributed by atoms with van der Waals surface area (Å²) in [4.78, 5) is 20.0. The topological polar surface area (TPSA) is 88.7 Å². The van der Waals surface area contributed by atoms with E-state index in [0.29, 0.717) is 18.0 Å². The molecule has 1 saturated heterocycles. The maximum absolute atomic E-state index is 12.1. The summed E-state index contributed by atoms with van der Waals surface area (Å²) < 4.78 is 5.37. The summed E-state index contributed by atoms with van der Waals surface area (Å²) >= 11 is 8.33. The van der Waals surface area contributed by atoms with Crippen LogP contribution in [0.15, 0.2) is 59.6 Å². The molecule has 1 aliphatic heterocycles. The van der Waals surface area contributed by atoms with Gasteiger partial charge in [0.1, 0.15) is 5.75 Å². The molecule has 3 unspecified atom stereocenters. The Morgan fingerprint density at radius 1 is 1.31 bits per heavy atom. The molecule has 3 atom stereocenters. The van der Waals surface area contributed by atoms with E-state index in [2.05, 4.69) is 22.0 Å². The summed E-state index contributed by atoms with van der Waals surface area (Å²) in [5.74, 6) is 0.656. The molecule has 0 spiro atoms. The fourth-order valence-electron chi connectivity index (χ4n) is 4.92. The number of rotatable bonds is 10. The Kier molecular flexibility index (Phi) is 8.89. The van der Waals surface area contributed by atoms with Crippen LogP contribution in [-0.2, 0) is 4.79 Å². The highest BCUT2D eigenvalue weighted by Gasteiger charge is 2.34. The van der Waals surface area contributed by atoms with Crippen LogP contribution in [0, 0.1) is 11.8 Å². The minimum atomic E-state index is -0.721. The van der Waals surface area contributed by atoms with Crippen molar-refractivity contribution in [2.24, 2.45) is 17.6 Å². The van der Waals surface area contributed by atoms with Gasteiger partial charge in [-0.25, -0.2) is 0 Å². The average Bonchev–Trinajstić information content (AvgIpc) is 2.87. The SMILES string of the molecule is COc1ccc2ncc(Cl)c(C(N)CCC3CCN(CCSc4ccccc4)CC3C(=O)O)c2c1. The number of carbonyl (C=O) groups is 1. The summed E-state index contributed by atoms with van der Waals surface area (Å²) in [7, 11) is 1.62. The van der Waals surface area contributed by atoms with E-state index in [9.17, 15) is 9.90 Å². The summed E-state index contributed by atoms with van der Waals surface area (Å²) in [6.45, 7) is 2.38. The molecule has 2 heterocycles. The number of hydrogen-bond donors (Lipinski definition) is 2. The quantitative estimate of drug-likeness (QED) is 0.346. The van der Waals surface area contributed by atoms with Gasteiger partial charge in [0.05, 0.1) is 23.6 Å². The molecule has 0 bridgehead atoms. The molecule has 2 aromatic carbocycles. The van der Waals surface area contributed by atoms with Crippen molar-refractivity contribution in [3.05, 3.63) is 65.3 Å². The van der Waals surface area contributed by atoms with Gasteiger partial charge in [0, 0.05) is 41.4 Å². The van der Waals surface area contributed by atoms with Crippen LogP contribution in [0.25, 0.3) is 10.9 Å². The van der Waals surface area contributed by atoms with Crippen molar-refractivity contribution in [1.29, 1.82) is 0 Å². The summed E-state index contributed by atoms with van der Waals surface area (Å²) in [6.07, 6.45) is 3.90. The Labute approximate surface area is 215 Å². The third-order valence-corrected chi connectivity index (χ3v) is 8.16. The summed E-state index contributed by atoms with van der Waals surface area (Å²) in [6, 6.07) is 15.7. The van der Waals surface area contributed by atoms with E-state index >= 15 is 0 Å². The number of ether oxygens (including phenoxy) is 1. The van der Waals surface area contributed by atoms with Crippen molar-refractivity contribution in [2.45, 2.75) is 30.2 Å². The highest BCUT2D eigenvalue weighted by atomic mass is 35.5. The Balaban J connectivity index is 1.37. The van der Waals surface area contributed by atoms with Gasteiger partial charge in [-0.3, -0.25) is 9.78 Å². The van der Waals surface area contributed by atoms with Crippen molar-refractivity contribution < 1.29 is 14.6 Å². The minimum Gasteiger partial charge on any atom is -0.497 e. The Morgan fingerprint density at radius 2 is 2.11 bits per heavy atom. The number of aliphatic carboxylic acids is 1. The number of fused-ring (bicyclic) bond motifs is 1. The lowest BCUT2D eigenvalue weighted by Crippen LogP contribution is -2.44. The van der Waals surface area contributed by atoms with E-state index in [1.807, 2.05) is 48.2 Å². The Hall–Kier alpha value is -2.32. The highest BCUT2D eigenvalue weighted by molar-refractivity contribution is 7.99. The van der Waals surface area contributed by atoms with Crippen molar-refractivity contribution in [3.8, 4) is 5.75 Å². The van der Waals surface area contributed by atoms with Gasteiger partial charge >= 0.3 is 5.97 Å².